The van der Waals surface area contributed by atoms with Crippen molar-refractivity contribution in [2.24, 2.45) is 23.0 Å². The third kappa shape index (κ3) is 3.25. The fourth-order valence-electron chi connectivity index (χ4n) is 5.67. The quantitative estimate of drug-likeness (QED) is 0.729. The van der Waals surface area contributed by atoms with Crippen LogP contribution in [0, 0.1) is 17.3 Å². The largest absolute Gasteiger partial charge is 0.369 e. The van der Waals surface area contributed by atoms with E-state index in [4.69, 9.17) is 5.73 Å². The Morgan fingerprint density at radius 3 is 2.67 bits per heavy atom. The van der Waals surface area contributed by atoms with Crippen molar-refractivity contribution < 1.29 is 9.59 Å². The zero-order valence-electron chi connectivity index (χ0n) is 13.5. The van der Waals surface area contributed by atoms with E-state index in [2.05, 4.69) is 26.2 Å². The topological polar surface area (TPSA) is 85.1 Å². The molecule has 0 saturated heterocycles. The second-order valence-corrected chi connectivity index (χ2v) is 10.7. The van der Waals surface area contributed by atoms with Crippen molar-refractivity contribution in [2.45, 2.75) is 55.7 Å². The Balaban J connectivity index is 1.41. The fraction of sp³-hybridized carbons (Fsp3) is 0.706. The van der Waals surface area contributed by atoms with E-state index in [9.17, 15) is 9.59 Å². The number of rotatable bonds is 5. The van der Waals surface area contributed by atoms with Gasteiger partial charge in [0.15, 0.2) is 5.13 Å². The first-order chi connectivity index (χ1) is 11.3. The van der Waals surface area contributed by atoms with E-state index in [1.165, 1.54) is 43.4 Å². The molecule has 1 aromatic heterocycles. The highest BCUT2D eigenvalue weighted by Gasteiger charge is 2.57. The lowest BCUT2D eigenvalue weighted by molar-refractivity contribution is -0.123. The van der Waals surface area contributed by atoms with Gasteiger partial charge in [-0.1, -0.05) is 15.9 Å². The summed E-state index contributed by atoms with van der Waals surface area (Å²) in [6.07, 6.45) is 8.09. The Bertz CT molecular complexity index is 675. The molecule has 2 unspecified atom stereocenters. The highest BCUT2D eigenvalue weighted by atomic mass is 79.9. The summed E-state index contributed by atoms with van der Waals surface area (Å²) in [6.45, 7) is 0. The maximum Gasteiger partial charge on any atom is 0.226 e. The molecule has 5 rings (SSSR count). The van der Waals surface area contributed by atoms with Crippen LogP contribution < -0.4 is 11.1 Å². The number of nitrogens with one attached hydrogen (secondary N) is 1. The molecule has 4 aliphatic carbocycles. The highest BCUT2D eigenvalue weighted by Crippen LogP contribution is 2.65. The highest BCUT2D eigenvalue weighted by molar-refractivity contribution is 9.10. The van der Waals surface area contributed by atoms with Gasteiger partial charge in [-0.2, -0.15) is 0 Å². The number of alkyl halides is 1. The number of amides is 2. The van der Waals surface area contributed by atoms with E-state index in [0.717, 1.165) is 18.3 Å². The van der Waals surface area contributed by atoms with Gasteiger partial charge in [-0.15, -0.1) is 11.3 Å². The van der Waals surface area contributed by atoms with E-state index in [1.54, 1.807) is 5.38 Å². The van der Waals surface area contributed by atoms with Crippen LogP contribution >= 0.6 is 27.3 Å². The monoisotopic (exact) mass is 411 g/mol. The van der Waals surface area contributed by atoms with Gasteiger partial charge < -0.3 is 11.1 Å². The molecule has 2 atom stereocenters. The third-order valence-corrected chi connectivity index (χ3v) is 7.53. The number of primary amides is 1. The average molecular weight is 412 g/mol. The Morgan fingerprint density at radius 2 is 2.04 bits per heavy atom. The van der Waals surface area contributed by atoms with Crippen LogP contribution in [0.3, 0.4) is 0 Å². The van der Waals surface area contributed by atoms with Crippen molar-refractivity contribution in [3.63, 3.8) is 0 Å². The molecule has 0 aromatic carbocycles. The van der Waals surface area contributed by atoms with Crippen LogP contribution in [-0.2, 0) is 16.0 Å². The molecular weight excluding hydrogens is 390 g/mol. The van der Waals surface area contributed by atoms with Crippen molar-refractivity contribution in [3.05, 3.63) is 11.1 Å². The summed E-state index contributed by atoms with van der Waals surface area (Å²) in [7, 11) is 0. The number of thiazole rings is 1. The molecule has 130 valence electrons. The molecule has 4 fully saturated rings. The summed E-state index contributed by atoms with van der Waals surface area (Å²) in [5, 5.41) is 5.26. The van der Waals surface area contributed by atoms with Crippen LogP contribution in [0.15, 0.2) is 5.38 Å². The zero-order chi connectivity index (χ0) is 16.9. The van der Waals surface area contributed by atoms with Gasteiger partial charge in [0.2, 0.25) is 11.8 Å². The fourth-order valence-corrected chi connectivity index (χ4v) is 7.91. The molecule has 1 aromatic rings. The molecule has 4 bridgehead atoms. The number of halogens is 1. The number of nitrogens with two attached hydrogens (primary N) is 1. The number of carbonyl (C=O) groups excluding carboxylic acids is 2. The third-order valence-electron chi connectivity index (χ3n) is 5.80. The molecule has 0 radical (unpaired) electrons. The lowest BCUT2D eigenvalue weighted by Gasteiger charge is -2.60. The van der Waals surface area contributed by atoms with E-state index in [0.29, 0.717) is 17.2 Å². The second kappa shape index (κ2) is 5.80. The lowest BCUT2D eigenvalue weighted by Crippen LogP contribution is -2.53. The molecule has 4 aliphatic rings. The van der Waals surface area contributed by atoms with Crippen molar-refractivity contribution in [1.29, 1.82) is 0 Å². The molecule has 5 nitrogen and oxygen atoms in total. The molecule has 1 heterocycles. The first-order valence-corrected chi connectivity index (χ1v) is 10.2. The van der Waals surface area contributed by atoms with Crippen molar-refractivity contribution in [2.75, 3.05) is 5.32 Å². The van der Waals surface area contributed by atoms with E-state index in [-0.39, 0.29) is 22.1 Å². The van der Waals surface area contributed by atoms with Gasteiger partial charge in [-0.05, 0) is 55.8 Å². The minimum atomic E-state index is -0.408. The van der Waals surface area contributed by atoms with Crippen LogP contribution in [-0.4, -0.2) is 21.1 Å². The van der Waals surface area contributed by atoms with Crippen LogP contribution in [0.2, 0.25) is 0 Å². The summed E-state index contributed by atoms with van der Waals surface area (Å²) in [5.41, 5.74) is 5.96. The number of carbonyl (C=O) groups is 2. The molecule has 2 amide bonds. The number of nitrogens with zero attached hydrogens (tertiary/aromatic N) is 1. The molecule has 0 spiro atoms. The van der Waals surface area contributed by atoms with Gasteiger partial charge >= 0.3 is 0 Å². The van der Waals surface area contributed by atoms with Crippen LogP contribution in [0.5, 0.6) is 0 Å². The number of aromatic nitrogens is 1. The van der Waals surface area contributed by atoms with Crippen LogP contribution in [0.25, 0.3) is 0 Å². The lowest BCUT2D eigenvalue weighted by atomic mass is 9.48. The van der Waals surface area contributed by atoms with Crippen molar-refractivity contribution in [3.8, 4) is 0 Å². The van der Waals surface area contributed by atoms with Crippen molar-refractivity contribution in [1.82, 2.24) is 4.98 Å². The van der Waals surface area contributed by atoms with E-state index >= 15 is 0 Å². The van der Waals surface area contributed by atoms with Gasteiger partial charge in [-0.3, -0.25) is 9.59 Å². The van der Waals surface area contributed by atoms with Crippen molar-refractivity contribution >= 4 is 44.2 Å². The summed E-state index contributed by atoms with van der Waals surface area (Å²) in [4.78, 5) is 27.8. The minimum Gasteiger partial charge on any atom is -0.369 e. The molecule has 7 heteroatoms. The first-order valence-electron chi connectivity index (χ1n) is 8.55. The number of anilines is 1. The Labute approximate surface area is 153 Å². The second-order valence-electron chi connectivity index (χ2n) is 8.12. The average Bonchev–Trinajstić information content (AvgIpc) is 2.80. The maximum atomic E-state index is 12.6. The summed E-state index contributed by atoms with van der Waals surface area (Å²) in [5.74, 6) is 1.20. The van der Waals surface area contributed by atoms with Crippen LogP contribution in [0.4, 0.5) is 5.13 Å². The molecule has 24 heavy (non-hydrogen) atoms. The van der Waals surface area contributed by atoms with Gasteiger partial charge in [0.1, 0.15) is 0 Å². The minimum absolute atomic E-state index is 0.0491. The zero-order valence-corrected chi connectivity index (χ0v) is 15.9. The molecule has 0 aliphatic heterocycles. The van der Waals surface area contributed by atoms with E-state index < -0.39 is 5.91 Å². The summed E-state index contributed by atoms with van der Waals surface area (Å²) >= 11 is 5.34. The normalized spacial score (nSPS) is 36.7. The van der Waals surface area contributed by atoms with E-state index in [1.807, 2.05) is 0 Å². The predicted molar refractivity (Wildman–Crippen MR) is 97.0 cm³/mol. The Kier molecular flexibility index (Phi) is 3.99. The predicted octanol–water partition coefficient (Wildman–Crippen LogP) is 3.23. The molecule has 4 saturated carbocycles. The number of hydrogen-bond acceptors (Lipinski definition) is 4. The SMILES string of the molecule is NC(=O)Cc1csc(NC(=O)CC23CC4CC(CC(Br)(C4)C2)C3)n1. The molecule has 3 N–H and O–H groups in total. The smallest absolute Gasteiger partial charge is 0.226 e. The van der Waals surface area contributed by atoms with Crippen LogP contribution in [0.1, 0.15) is 50.6 Å². The van der Waals surface area contributed by atoms with Gasteiger partial charge in [0.25, 0.3) is 0 Å². The summed E-state index contributed by atoms with van der Waals surface area (Å²) < 4.78 is 0.271. The first kappa shape index (κ1) is 16.5. The standard InChI is InChI=1S/C17H22BrN3O2S/c18-17-5-10-1-11(6-17)4-16(3-10,9-17)7-14(23)21-15-20-12(8-24-15)2-13(19)22/h8,10-11H,1-7,9H2,(H2,19,22)(H,20,21,23). The van der Waals surface area contributed by atoms with Gasteiger partial charge in [-0.25, -0.2) is 4.98 Å². The van der Waals surface area contributed by atoms with Gasteiger partial charge in [0, 0.05) is 16.1 Å². The number of hydrogen-bond donors (Lipinski definition) is 2. The van der Waals surface area contributed by atoms with Gasteiger partial charge in [0.05, 0.1) is 12.1 Å². The Hall–Kier alpha value is -0.950. The Morgan fingerprint density at radius 1 is 1.33 bits per heavy atom. The molecular formula is C17H22BrN3O2S. The maximum absolute atomic E-state index is 12.6. The summed E-state index contributed by atoms with van der Waals surface area (Å²) in [6, 6.07) is 0.